The minimum absolute atomic E-state index is 0.0222. The second kappa shape index (κ2) is 19.7. The SMILES string of the molecule is CCC(=C/[C@H](C)C/C=C/C(C)=C/[C@@H](C)C(=O)[C@@H](C)[C@H](O)[C@@H](C)C/C(C)=C/C(=O)OCc1cccc2cccnc12)/C=C/[C@@H]1OC(=O)C=C[C@@H]1C. The zero-order chi connectivity index (χ0) is 36.8. The number of aliphatic hydroxyl groups is 1. The number of fused-ring (bicyclic) bond motifs is 1. The van der Waals surface area contributed by atoms with Crippen LogP contribution in [0, 0.1) is 29.6 Å². The van der Waals surface area contributed by atoms with E-state index in [0.29, 0.717) is 12.3 Å². The number of hydrogen-bond donors (Lipinski definition) is 1. The Bertz CT molecular complexity index is 1650. The first-order valence-electron chi connectivity index (χ1n) is 17.8. The molecule has 1 aliphatic rings. The topological polar surface area (TPSA) is 103 Å². The van der Waals surface area contributed by atoms with Crippen molar-refractivity contribution in [3.05, 3.63) is 113 Å². The summed E-state index contributed by atoms with van der Waals surface area (Å²) in [5, 5.41) is 12.1. The number of para-hydroxylation sites is 1. The minimum Gasteiger partial charge on any atom is -0.458 e. The van der Waals surface area contributed by atoms with Crippen LogP contribution in [-0.4, -0.2) is 40.0 Å². The average molecular weight is 682 g/mol. The van der Waals surface area contributed by atoms with Crippen molar-refractivity contribution in [2.24, 2.45) is 29.6 Å². The molecule has 0 saturated heterocycles. The first kappa shape index (κ1) is 40.1. The normalized spacial score (nSPS) is 20.5. The minimum atomic E-state index is -0.852. The van der Waals surface area contributed by atoms with E-state index in [2.05, 4.69) is 37.1 Å². The second-order valence-corrected chi connectivity index (χ2v) is 13.8. The van der Waals surface area contributed by atoms with Crippen molar-refractivity contribution in [3.63, 3.8) is 0 Å². The van der Waals surface area contributed by atoms with Gasteiger partial charge in [-0.2, -0.15) is 0 Å². The van der Waals surface area contributed by atoms with E-state index < -0.39 is 18.0 Å². The lowest BCUT2D eigenvalue weighted by Crippen LogP contribution is -2.34. The van der Waals surface area contributed by atoms with E-state index in [1.54, 1.807) is 13.1 Å². The maximum Gasteiger partial charge on any atom is 0.331 e. The van der Waals surface area contributed by atoms with E-state index >= 15 is 0 Å². The molecule has 7 atom stereocenters. The first-order chi connectivity index (χ1) is 23.8. The van der Waals surface area contributed by atoms with Crippen molar-refractivity contribution in [1.29, 1.82) is 0 Å². The van der Waals surface area contributed by atoms with E-state index in [1.165, 1.54) is 17.7 Å². The Labute approximate surface area is 298 Å². The zero-order valence-electron chi connectivity index (χ0n) is 31.0. The Kier molecular flexibility index (Phi) is 15.8. The monoisotopic (exact) mass is 681 g/mol. The summed E-state index contributed by atoms with van der Waals surface area (Å²) in [6.45, 7) is 15.8. The second-order valence-electron chi connectivity index (χ2n) is 13.8. The van der Waals surface area contributed by atoms with E-state index in [0.717, 1.165) is 40.5 Å². The molecule has 1 aromatic heterocycles. The Morgan fingerprint density at radius 1 is 1.06 bits per heavy atom. The van der Waals surface area contributed by atoms with Gasteiger partial charge in [-0.15, -0.1) is 0 Å². The molecule has 3 rings (SSSR count). The maximum absolute atomic E-state index is 13.3. The molecule has 0 aliphatic carbocycles. The Hall–Kier alpha value is -4.36. The molecule has 0 fully saturated rings. The summed E-state index contributed by atoms with van der Waals surface area (Å²) < 4.78 is 10.9. The Balaban J connectivity index is 1.47. The molecular formula is C43H55NO6. The Morgan fingerprint density at radius 3 is 2.54 bits per heavy atom. The molecule has 0 radical (unpaired) electrons. The standard InChI is InChI=1S/C43H55NO6/c1-9-35(19-20-38-31(5)18-21-39(45)50-38)25-29(3)14-10-13-28(2)23-32(6)42(47)34(8)43(48)33(7)24-30(4)26-40(46)49-27-37-16-11-15-36-17-12-22-44-41(36)37/h10-13,15-23,25-26,29,31-34,38,43,48H,9,14,24,27H2,1-8H3/b13-10+,20-19+,28-23+,30-26+,35-25-/t29-,31+,32-,33+,34-,38+,43-/m1/s1. The molecule has 7 nitrogen and oxygen atoms in total. The van der Waals surface area contributed by atoms with Gasteiger partial charge < -0.3 is 14.6 Å². The van der Waals surface area contributed by atoms with Crippen LogP contribution < -0.4 is 0 Å². The van der Waals surface area contributed by atoms with Crippen molar-refractivity contribution in [3.8, 4) is 0 Å². The molecule has 1 N–H and O–H groups in total. The molecule has 0 unspecified atom stereocenters. The van der Waals surface area contributed by atoms with Crippen LogP contribution in [0.2, 0.25) is 0 Å². The molecular weight excluding hydrogens is 626 g/mol. The lowest BCUT2D eigenvalue weighted by molar-refractivity contribution is -0.143. The largest absolute Gasteiger partial charge is 0.458 e. The van der Waals surface area contributed by atoms with Crippen molar-refractivity contribution < 1.29 is 29.0 Å². The number of cyclic esters (lactones) is 1. The highest BCUT2D eigenvalue weighted by Gasteiger charge is 2.29. The van der Waals surface area contributed by atoms with Gasteiger partial charge in [0.2, 0.25) is 0 Å². The number of hydrogen-bond acceptors (Lipinski definition) is 7. The number of aromatic nitrogens is 1. The van der Waals surface area contributed by atoms with Gasteiger partial charge in [0.15, 0.2) is 0 Å². The highest BCUT2D eigenvalue weighted by molar-refractivity contribution is 5.85. The molecule has 0 bridgehead atoms. The molecule has 0 spiro atoms. The van der Waals surface area contributed by atoms with Gasteiger partial charge in [-0.25, -0.2) is 9.59 Å². The third-order valence-corrected chi connectivity index (χ3v) is 9.20. The van der Waals surface area contributed by atoms with Crippen LogP contribution in [0.4, 0.5) is 0 Å². The summed E-state index contributed by atoms with van der Waals surface area (Å²) in [6.07, 6.45) is 20.0. The van der Waals surface area contributed by atoms with Crippen molar-refractivity contribution >= 4 is 28.6 Å². The summed E-state index contributed by atoms with van der Waals surface area (Å²) >= 11 is 0. The fourth-order valence-corrected chi connectivity index (χ4v) is 6.22. The number of allylic oxidation sites excluding steroid dienone is 8. The predicted molar refractivity (Wildman–Crippen MR) is 201 cm³/mol. The number of rotatable bonds is 17. The van der Waals surface area contributed by atoms with Crippen LogP contribution in [0.15, 0.2) is 108 Å². The van der Waals surface area contributed by atoms with Gasteiger partial charge in [0.1, 0.15) is 18.5 Å². The smallest absolute Gasteiger partial charge is 0.331 e. The summed E-state index contributed by atoms with van der Waals surface area (Å²) in [5.41, 5.74) is 4.60. The van der Waals surface area contributed by atoms with Gasteiger partial charge in [-0.05, 0) is 57.1 Å². The molecule has 2 heterocycles. The van der Waals surface area contributed by atoms with E-state index in [9.17, 15) is 19.5 Å². The fraction of sp³-hybridized carbons (Fsp3) is 0.442. The number of Topliss-reactive ketones (excluding diaryl/α,β-unsaturated/α-hetero) is 1. The molecule has 7 heteroatoms. The molecule has 1 aromatic carbocycles. The van der Waals surface area contributed by atoms with Gasteiger partial charge in [-0.1, -0.05) is 119 Å². The maximum atomic E-state index is 13.3. The summed E-state index contributed by atoms with van der Waals surface area (Å²) in [7, 11) is 0. The number of carbonyl (C=O) groups is 3. The van der Waals surface area contributed by atoms with Crippen LogP contribution in [0.25, 0.3) is 10.9 Å². The molecule has 2 aromatic rings. The summed E-state index contributed by atoms with van der Waals surface area (Å²) in [5.74, 6) is -1.46. The summed E-state index contributed by atoms with van der Waals surface area (Å²) in [6, 6.07) is 9.61. The Morgan fingerprint density at radius 2 is 1.80 bits per heavy atom. The van der Waals surface area contributed by atoms with Crippen LogP contribution in [0.5, 0.6) is 0 Å². The van der Waals surface area contributed by atoms with Crippen LogP contribution in [0.1, 0.15) is 80.2 Å². The number of ether oxygens (including phenoxy) is 2. The van der Waals surface area contributed by atoms with E-state index in [1.807, 2.05) is 89.3 Å². The predicted octanol–water partition coefficient (Wildman–Crippen LogP) is 8.99. The summed E-state index contributed by atoms with van der Waals surface area (Å²) in [4.78, 5) is 41.8. The number of carbonyl (C=O) groups excluding carboxylic acids is 3. The van der Waals surface area contributed by atoms with Crippen molar-refractivity contribution in [2.45, 2.75) is 93.5 Å². The molecule has 50 heavy (non-hydrogen) atoms. The van der Waals surface area contributed by atoms with Gasteiger partial charge in [0.05, 0.1) is 11.6 Å². The highest BCUT2D eigenvalue weighted by Crippen LogP contribution is 2.25. The van der Waals surface area contributed by atoms with E-state index in [-0.39, 0.29) is 42.2 Å². The number of pyridine rings is 1. The molecule has 1 aliphatic heterocycles. The van der Waals surface area contributed by atoms with Crippen molar-refractivity contribution in [2.75, 3.05) is 0 Å². The molecule has 268 valence electrons. The van der Waals surface area contributed by atoms with Crippen LogP contribution in [-0.2, 0) is 30.5 Å². The average Bonchev–Trinajstić information content (AvgIpc) is 3.09. The lowest BCUT2D eigenvalue weighted by atomic mass is 9.83. The quantitative estimate of drug-likeness (QED) is 0.101. The lowest BCUT2D eigenvalue weighted by Gasteiger charge is -2.25. The fourth-order valence-electron chi connectivity index (χ4n) is 6.22. The molecule has 0 saturated carbocycles. The number of nitrogens with zero attached hydrogens (tertiary/aromatic N) is 1. The van der Waals surface area contributed by atoms with Gasteiger partial charge in [0.25, 0.3) is 0 Å². The zero-order valence-corrected chi connectivity index (χ0v) is 31.0. The number of aliphatic hydroxyl groups excluding tert-OH is 1. The van der Waals surface area contributed by atoms with Gasteiger partial charge >= 0.3 is 11.9 Å². The first-order valence-corrected chi connectivity index (χ1v) is 17.8. The van der Waals surface area contributed by atoms with Crippen LogP contribution >= 0.6 is 0 Å². The third-order valence-electron chi connectivity index (χ3n) is 9.20. The van der Waals surface area contributed by atoms with Crippen LogP contribution in [0.3, 0.4) is 0 Å². The molecule has 0 amide bonds. The van der Waals surface area contributed by atoms with Gasteiger partial charge in [-0.3, -0.25) is 9.78 Å². The van der Waals surface area contributed by atoms with Crippen molar-refractivity contribution in [1.82, 2.24) is 4.98 Å². The number of esters is 2. The third kappa shape index (κ3) is 12.5. The van der Waals surface area contributed by atoms with Gasteiger partial charge in [0, 0.05) is 47.1 Å². The number of benzene rings is 1. The van der Waals surface area contributed by atoms with E-state index in [4.69, 9.17) is 9.47 Å². The number of ketones is 1. The highest BCUT2D eigenvalue weighted by atomic mass is 16.5.